The normalized spacial score (nSPS) is 21.7. The van der Waals surface area contributed by atoms with E-state index in [1.54, 1.807) is 6.08 Å². The van der Waals surface area contributed by atoms with Gasteiger partial charge in [-0.15, -0.1) is 0 Å². The third-order valence-electron chi connectivity index (χ3n) is 3.87. The van der Waals surface area contributed by atoms with Gasteiger partial charge in [-0.3, -0.25) is 4.79 Å². The van der Waals surface area contributed by atoms with Crippen LogP contribution in [0.3, 0.4) is 0 Å². The molecule has 2 saturated heterocycles. The Morgan fingerprint density at radius 3 is 2.40 bits per heavy atom. The van der Waals surface area contributed by atoms with E-state index in [0.717, 1.165) is 18.4 Å². The average Bonchev–Trinajstić information content (AvgIpc) is 2.95. The van der Waals surface area contributed by atoms with Crippen molar-refractivity contribution in [3.8, 4) is 0 Å². The molecule has 4 heteroatoms. The molecule has 2 heterocycles. The van der Waals surface area contributed by atoms with E-state index in [0.29, 0.717) is 26.3 Å². The Morgan fingerprint density at radius 2 is 1.75 bits per heavy atom. The summed E-state index contributed by atoms with van der Waals surface area (Å²) in [7, 11) is 0. The van der Waals surface area contributed by atoms with Gasteiger partial charge in [0.25, 0.3) is 0 Å². The molecule has 0 aliphatic carbocycles. The third kappa shape index (κ3) is 2.92. The fourth-order valence-corrected chi connectivity index (χ4v) is 2.69. The first-order valence-electron chi connectivity index (χ1n) is 7.07. The van der Waals surface area contributed by atoms with E-state index in [-0.39, 0.29) is 5.91 Å². The summed E-state index contributed by atoms with van der Waals surface area (Å²) >= 11 is 0. The van der Waals surface area contributed by atoms with Crippen LogP contribution in [-0.4, -0.2) is 42.9 Å². The van der Waals surface area contributed by atoms with Crippen molar-refractivity contribution < 1.29 is 14.3 Å². The van der Waals surface area contributed by atoms with Gasteiger partial charge in [0.1, 0.15) is 0 Å². The predicted octanol–water partition coefficient (Wildman–Crippen LogP) is 2.07. The molecule has 106 valence electrons. The van der Waals surface area contributed by atoms with Crippen molar-refractivity contribution in [2.45, 2.75) is 18.6 Å². The van der Waals surface area contributed by atoms with Gasteiger partial charge in [-0.2, -0.15) is 0 Å². The van der Waals surface area contributed by atoms with Crippen LogP contribution in [0, 0.1) is 0 Å². The van der Waals surface area contributed by atoms with Gasteiger partial charge < -0.3 is 14.4 Å². The summed E-state index contributed by atoms with van der Waals surface area (Å²) in [6.45, 7) is 2.72. The van der Waals surface area contributed by atoms with Crippen LogP contribution < -0.4 is 0 Å². The molecule has 1 aromatic carbocycles. The Morgan fingerprint density at radius 1 is 1.10 bits per heavy atom. The number of likely N-dealkylation sites (tertiary alicyclic amines) is 1. The summed E-state index contributed by atoms with van der Waals surface area (Å²) in [5, 5.41) is 0. The van der Waals surface area contributed by atoms with E-state index in [1.165, 1.54) is 0 Å². The Bertz CT molecular complexity index is 482. The van der Waals surface area contributed by atoms with E-state index < -0.39 is 5.79 Å². The number of carbonyl (C=O) groups is 1. The molecule has 4 nitrogen and oxygen atoms in total. The lowest BCUT2D eigenvalue weighted by atomic mass is 10.0. The predicted molar refractivity (Wildman–Crippen MR) is 75.9 cm³/mol. The molecule has 1 spiro atoms. The van der Waals surface area contributed by atoms with Crippen molar-refractivity contribution >= 4 is 12.0 Å². The highest BCUT2D eigenvalue weighted by atomic mass is 16.7. The van der Waals surface area contributed by atoms with Crippen LogP contribution in [0.25, 0.3) is 6.08 Å². The molecule has 2 aliphatic rings. The van der Waals surface area contributed by atoms with Gasteiger partial charge in [0.05, 0.1) is 13.2 Å². The first-order chi connectivity index (χ1) is 9.77. The Balaban J connectivity index is 1.55. The number of hydrogen-bond acceptors (Lipinski definition) is 3. The van der Waals surface area contributed by atoms with E-state index in [1.807, 2.05) is 41.3 Å². The van der Waals surface area contributed by atoms with Gasteiger partial charge >= 0.3 is 0 Å². The second-order valence-electron chi connectivity index (χ2n) is 5.18. The maximum Gasteiger partial charge on any atom is 0.246 e. The monoisotopic (exact) mass is 273 g/mol. The minimum Gasteiger partial charge on any atom is -0.347 e. The zero-order valence-corrected chi connectivity index (χ0v) is 11.5. The molecule has 0 saturated carbocycles. The Kier molecular flexibility index (Phi) is 3.85. The van der Waals surface area contributed by atoms with Crippen LogP contribution >= 0.6 is 0 Å². The largest absolute Gasteiger partial charge is 0.347 e. The van der Waals surface area contributed by atoms with Crippen molar-refractivity contribution in [1.29, 1.82) is 0 Å². The van der Waals surface area contributed by atoms with Gasteiger partial charge in [-0.1, -0.05) is 30.3 Å². The molecule has 0 radical (unpaired) electrons. The summed E-state index contributed by atoms with van der Waals surface area (Å²) < 4.78 is 11.3. The van der Waals surface area contributed by atoms with Gasteiger partial charge in [-0.05, 0) is 11.6 Å². The van der Waals surface area contributed by atoms with Crippen molar-refractivity contribution in [3.63, 3.8) is 0 Å². The molecule has 3 rings (SSSR count). The molecule has 1 aromatic rings. The van der Waals surface area contributed by atoms with Gasteiger partial charge in [0.15, 0.2) is 5.79 Å². The van der Waals surface area contributed by atoms with Crippen LogP contribution in [0.2, 0.25) is 0 Å². The van der Waals surface area contributed by atoms with Crippen LogP contribution in [0.5, 0.6) is 0 Å². The molecule has 0 atom stereocenters. The summed E-state index contributed by atoms with van der Waals surface area (Å²) in [4.78, 5) is 14.0. The Labute approximate surface area is 119 Å². The number of amides is 1. The zero-order chi connectivity index (χ0) is 13.8. The summed E-state index contributed by atoms with van der Waals surface area (Å²) in [6, 6.07) is 9.85. The summed E-state index contributed by atoms with van der Waals surface area (Å²) in [6.07, 6.45) is 5.02. The highest BCUT2D eigenvalue weighted by Crippen LogP contribution is 2.31. The lowest BCUT2D eigenvalue weighted by Crippen LogP contribution is -2.46. The maximum absolute atomic E-state index is 12.1. The fourth-order valence-electron chi connectivity index (χ4n) is 2.69. The van der Waals surface area contributed by atoms with Gasteiger partial charge in [0.2, 0.25) is 5.91 Å². The first-order valence-corrected chi connectivity index (χ1v) is 7.07. The smallest absolute Gasteiger partial charge is 0.246 e. The molecule has 1 amide bonds. The number of piperidine rings is 1. The zero-order valence-electron chi connectivity index (χ0n) is 11.5. The highest BCUT2D eigenvalue weighted by molar-refractivity contribution is 5.91. The summed E-state index contributed by atoms with van der Waals surface area (Å²) in [5.74, 6) is -0.360. The quantitative estimate of drug-likeness (QED) is 0.774. The molecule has 2 aliphatic heterocycles. The molecule has 2 fully saturated rings. The van der Waals surface area contributed by atoms with E-state index in [9.17, 15) is 4.79 Å². The van der Waals surface area contributed by atoms with E-state index in [4.69, 9.17) is 9.47 Å². The minimum absolute atomic E-state index is 0.0571. The SMILES string of the molecule is O=C(C=Cc1ccccc1)N1CCC2(CC1)OCCO2. The standard InChI is InChI=1S/C16H19NO3/c18-15(7-6-14-4-2-1-3-5-14)17-10-8-16(9-11-17)19-12-13-20-16/h1-7H,8-13H2. The number of hydrogen-bond donors (Lipinski definition) is 0. The molecular formula is C16H19NO3. The second kappa shape index (κ2) is 5.77. The van der Waals surface area contributed by atoms with Crippen molar-refractivity contribution in [3.05, 3.63) is 42.0 Å². The maximum atomic E-state index is 12.1. The fraction of sp³-hybridized carbons (Fsp3) is 0.438. The first kappa shape index (κ1) is 13.3. The number of ether oxygens (including phenoxy) is 2. The van der Waals surface area contributed by atoms with E-state index >= 15 is 0 Å². The number of nitrogens with zero attached hydrogens (tertiary/aromatic N) is 1. The van der Waals surface area contributed by atoms with Crippen LogP contribution in [0.4, 0.5) is 0 Å². The Hall–Kier alpha value is -1.65. The number of carbonyl (C=O) groups excluding carboxylic acids is 1. The number of rotatable bonds is 2. The topological polar surface area (TPSA) is 38.8 Å². The minimum atomic E-state index is -0.417. The second-order valence-corrected chi connectivity index (χ2v) is 5.18. The van der Waals surface area contributed by atoms with Gasteiger partial charge in [-0.25, -0.2) is 0 Å². The third-order valence-corrected chi connectivity index (χ3v) is 3.87. The van der Waals surface area contributed by atoms with Crippen LogP contribution in [0.1, 0.15) is 18.4 Å². The molecule has 0 unspecified atom stereocenters. The molecule has 0 bridgehead atoms. The van der Waals surface area contributed by atoms with Gasteiger partial charge in [0, 0.05) is 32.0 Å². The lowest BCUT2D eigenvalue weighted by molar-refractivity contribution is -0.186. The molecule has 0 aromatic heterocycles. The highest BCUT2D eigenvalue weighted by Gasteiger charge is 2.40. The molecule has 0 N–H and O–H groups in total. The lowest BCUT2D eigenvalue weighted by Gasteiger charge is -2.37. The van der Waals surface area contributed by atoms with Crippen molar-refractivity contribution in [2.75, 3.05) is 26.3 Å². The van der Waals surface area contributed by atoms with Crippen LogP contribution in [0.15, 0.2) is 36.4 Å². The van der Waals surface area contributed by atoms with Crippen molar-refractivity contribution in [2.24, 2.45) is 0 Å². The van der Waals surface area contributed by atoms with Crippen molar-refractivity contribution in [1.82, 2.24) is 4.90 Å². The number of benzene rings is 1. The van der Waals surface area contributed by atoms with Crippen LogP contribution in [-0.2, 0) is 14.3 Å². The average molecular weight is 273 g/mol. The molecule has 20 heavy (non-hydrogen) atoms. The van der Waals surface area contributed by atoms with E-state index in [2.05, 4.69) is 0 Å². The summed E-state index contributed by atoms with van der Waals surface area (Å²) in [5.41, 5.74) is 1.04. The molecular weight excluding hydrogens is 254 g/mol.